The van der Waals surface area contributed by atoms with Crippen LogP contribution in [0.15, 0.2) is 18.2 Å². The lowest BCUT2D eigenvalue weighted by atomic mass is 10.0. The Kier molecular flexibility index (Phi) is 3.49. The van der Waals surface area contributed by atoms with Crippen LogP contribution in [0.2, 0.25) is 5.02 Å². The van der Waals surface area contributed by atoms with Gasteiger partial charge >= 0.3 is 0 Å². The van der Waals surface area contributed by atoms with E-state index in [1.54, 1.807) is 25.1 Å². The van der Waals surface area contributed by atoms with Gasteiger partial charge in [0.15, 0.2) is 5.78 Å². The third-order valence-corrected chi connectivity index (χ3v) is 2.06. The minimum atomic E-state index is -0.155. The molecule has 0 saturated carbocycles. The van der Waals surface area contributed by atoms with Crippen molar-refractivity contribution in [2.24, 2.45) is 5.73 Å². The van der Waals surface area contributed by atoms with Gasteiger partial charge in [0.2, 0.25) is 0 Å². The second kappa shape index (κ2) is 4.44. The van der Waals surface area contributed by atoms with Crippen LogP contribution < -0.4 is 11.5 Å². The molecule has 0 aliphatic carbocycles. The summed E-state index contributed by atoms with van der Waals surface area (Å²) in [5.74, 6) is -0.0471. The number of nitrogen functional groups attached to an aromatic ring is 1. The van der Waals surface area contributed by atoms with E-state index in [9.17, 15) is 4.79 Å². The molecule has 0 aromatic heterocycles. The van der Waals surface area contributed by atoms with Crippen molar-refractivity contribution in [3.63, 3.8) is 0 Å². The zero-order valence-corrected chi connectivity index (χ0v) is 8.71. The fourth-order valence-electron chi connectivity index (χ4n) is 1.19. The van der Waals surface area contributed by atoms with Gasteiger partial charge in [-0.1, -0.05) is 11.6 Å². The molecule has 1 aromatic rings. The normalized spacial score (nSPS) is 12.5. The summed E-state index contributed by atoms with van der Waals surface area (Å²) in [6.07, 6.45) is 0.297. The van der Waals surface area contributed by atoms with Crippen molar-refractivity contribution in [1.29, 1.82) is 0 Å². The predicted octanol–water partition coefficient (Wildman–Crippen LogP) is 1.84. The van der Waals surface area contributed by atoms with E-state index in [-0.39, 0.29) is 11.8 Å². The molecule has 76 valence electrons. The maximum absolute atomic E-state index is 11.6. The number of rotatable bonds is 3. The summed E-state index contributed by atoms with van der Waals surface area (Å²) in [7, 11) is 0. The van der Waals surface area contributed by atoms with Crippen LogP contribution in [0.25, 0.3) is 0 Å². The molecule has 0 fully saturated rings. The molecule has 0 saturated heterocycles. The van der Waals surface area contributed by atoms with Crippen LogP contribution in [0.5, 0.6) is 0 Å². The molecule has 3 nitrogen and oxygen atoms in total. The van der Waals surface area contributed by atoms with E-state index in [0.717, 1.165) is 0 Å². The Labute approximate surface area is 88.0 Å². The van der Waals surface area contributed by atoms with Crippen molar-refractivity contribution >= 4 is 23.1 Å². The molecule has 0 aliphatic rings. The predicted molar refractivity (Wildman–Crippen MR) is 58.5 cm³/mol. The SMILES string of the molecule is C[C@@H](N)CC(=O)c1ccc(Cl)cc1N. The number of carbonyl (C=O) groups is 1. The average Bonchev–Trinajstić information content (AvgIpc) is 2.01. The Morgan fingerprint density at radius 1 is 1.57 bits per heavy atom. The van der Waals surface area contributed by atoms with Crippen molar-refractivity contribution in [2.75, 3.05) is 5.73 Å². The number of anilines is 1. The maximum Gasteiger partial charge on any atom is 0.166 e. The molecule has 0 bridgehead atoms. The first-order valence-corrected chi connectivity index (χ1v) is 4.72. The Hall–Kier alpha value is -1.06. The van der Waals surface area contributed by atoms with Gasteiger partial charge in [0.25, 0.3) is 0 Å². The lowest BCUT2D eigenvalue weighted by molar-refractivity contribution is 0.0977. The minimum absolute atomic E-state index is 0.0471. The molecule has 0 aliphatic heterocycles. The van der Waals surface area contributed by atoms with Gasteiger partial charge in [-0.3, -0.25) is 4.79 Å². The molecule has 4 N–H and O–H groups in total. The standard InChI is InChI=1S/C10H13ClN2O/c1-6(12)4-10(14)8-3-2-7(11)5-9(8)13/h2-3,5-6H,4,12-13H2,1H3/t6-/m1/s1. The number of carbonyl (C=O) groups excluding carboxylic acids is 1. The van der Waals surface area contributed by atoms with Gasteiger partial charge < -0.3 is 11.5 Å². The van der Waals surface area contributed by atoms with Crippen molar-refractivity contribution in [2.45, 2.75) is 19.4 Å². The van der Waals surface area contributed by atoms with Crippen LogP contribution in [-0.4, -0.2) is 11.8 Å². The number of Topliss-reactive ketones (excluding diaryl/α,β-unsaturated/α-hetero) is 1. The molecule has 0 radical (unpaired) electrons. The first-order chi connectivity index (χ1) is 6.50. The monoisotopic (exact) mass is 212 g/mol. The van der Waals surface area contributed by atoms with E-state index in [4.69, 9.17) is 23.1 Å². The number of halogens is 1. The van der Waals surface area contributed by atoms with Gasteiger partial charge in [0.05, 0.1) is 0 Å². The summed E-state index contributed by atoms with van der Waals surface area (Å²) in [6, 6.07) is 4.68. The Morgan fingerprint density at radius 2 is 2.21 bits per heavy atom. The molecular weight excluding hydrogens is 200 g/mol. The number of benzene rings is 1. The first kappa shape index (κ1) is 11.0. The zero-order chi connectivity index (χ0) is 10.7. The largest absolute Gasteiger partial charge is 0.398 e. The molecule has 0 spiro atoms. The number of hydrogen-bond donors (Lipinski definition) is 2. The molecule has 1 atom stereocenters. The van der Waals surface area contributed by atoms with Gasteiger partial charge in [-0.15, -0.1) is 0 Å². The van der Waals surface area contributed by atoms with Gasteiger partial charge in [-0.05, 0) is 25.1 Å². The van der Waals surface area contributed by atoms with Gasteiger partial charge in [-0.2, -0.15) is 0 Å². The third kappa shape index (κ3) is 2.72. The molecule has 0 amide bonds. The summed E-state index contributed by atoms with van der Waals surface area (Å²) in [5.41, 5.74) is 12.1. The topological polar surface area (TPSA) is 69.1 Å². The van der Waals surface area contributed by atoms with Crippen LogP contribution in [-0.2, 0) is 0 Å². The molecule has 1 aromatic carbocycles. The van der Waals surface area contributed by atoms with Crippen molar-refractivity contribution < 1.29 is 4.79 Å². The molecule has 14 heavy (non-hydrogen) atoms. The molecule has 0 heterocycles. The lowest BCUT2D eigenvalue weighted by Crippen LogP contribution is -2.20. The number of hydrogen-bond acceptors (Lipinski definition) is 3. The van der Waals surface area contributed by atoms with E-state index in [1.807, 2.05) is 0 Å². The van der Waals surface area contributed by atoms with Crippen LogP contribution in [0.4, 0.5) is 5.69 Å². The summed E-state index contributed by atoms with van der Waals surface area (Å²) in [6.45, 7) is 1.78. The van der Waals surface area contributed by atoms with Crippen LogP contribution >= 0.6 is 11.6 Å². The summed E-state index contributed by atoms with van der Waals surface area (Å²) >= 11 is 5.71. The van der Waals surface area contributed by atoms with E-state index >= 15 is 0 Å². The average molecular weight is 213 g/mol. The fraction of sp³-hybridized carbons (Fsp3) is 0.300. The van der Waals surface area contributed by atoms with Gasteiger partial charge in [-0.25, -0.2) is 0 Å². The van der Waals surface area contributed by atoms with Gasteiger partial charge in [0.1, 0.15) is 0 Å². The van der Waals surface area contributed by atoms with Crippen molar-refractivity contribution in [1.82, 2.24) is 0 Å². The van der Waals surface area contributed by atoms with Crippen molar-refractivity contribution in [3.05, 3.63) is 28.8 Å². The Balaban J connectivity index is 2.90. The summed E-state index contributed by atoms with van der Waals surface area (Å²) in [4.78, 5) is 11.6. The van der Waals surface area contributed by atoms with E-state index in [1.165, 1.54) is 0 Å². The van der Waals surface area contributed by atoms with E-state index in [0.29, 0.717) is 22.7 Å². The Bertz CT molecular complexity index is 350. The van der Waals surface area contributed by atoms with E-state index in [2.05, 4.69) is 0 Å². The molecule has 4 heteroatoms. The second-order valence-electron chi connectivity index (χ2n) is 3.34. The first-order valence-electron chi connectivity index (χ1n) is 4.34. The third-order valence-electron chi connectivity index (χ3n) is 1.82. The highest BCUT2D eigenvalue weighted by molar-refractivity contribution is 6.31. The van der Waals surface area contributed by atoms with E-state index < -0.39 is 0 Å². The number of ketones is 1. The Morgan fingerprint density at radius 3 is 2.71 bits per heavy atom. The summed E-state index contributed by atoms with van der Waals surface area (Å²) in [5, 5.41) is 0.528. The summed E-state index contributed by atoms with van der Waals surface area (Å²) < 4.78 is 0. The maximum atomic E-state index is 11.6. The van der Waals surface area contributed by atoms with Crippen LogP contribution in [0.1, 0.15) is 23.7 Å². The minimum Gasteiger partial charge on any atom is -0.398 e. The second-order valence-corrected chi connectivity index (χ2v) is 3.77. The zero-order valence-electron chi connectivity index (χ0n) is 7.96. The van der Waals surface area contributed by atoms with Crippen LogP contribution in [0, 0.1) is 0 Å². The quantitative estimate of drug-likeness (QED) is 0.594. The highest BCUT2D eigenvalue weighted by atomic mass is 35.5. The molecule has 1 rings (SSSR count). The van der Waals surface area contributed by atoms with Gasteiger partial charge in [0, 0.05) is 28.7 Å². The van der Waals surface area contributed by atoms with Crippen LogP contribution in [0.3, 0.4) is 0 Å². The highest BCUT2D eigenvalue weighted by Crippen LogP contribution is 2.19. The highest BCUT2D eigenvalue weighted by Gasteiger charge is 2.11. The molecule has 0 unspecified atom stereocenters. The molecular formula is C10H13ClN2O. The van der Waals surface area contributed by atoms with Crippen molar-refractivity contribution in [3.8, 4) is 0 Å². The fourth-order valence-corrected chi connectivity index (χ4v) is 1.37. The number of nitrogens with two attached hydrogens (primary N) is 2. The smallest absolute Gasteiger partial charge is 0.166 e. The lowest BCUT2D eigenvalue weighted by Gasteiger charge is -2.06.